The minimum atomic E-state index is -0.814. The van der Waals surface area contributed by atoms with Crippen LogP contribution >= 0.6 is 0 Å². The Balaban J connectivity index is 2.11. The van der Waals surface area contributed by atoms with Crippen molar-refractivity contribution in [2.24, 2.45) is 11.1 Å². The first-order valence-corrected chi connectivity index (χ1v) is 5.96. The number of nitrogens with zero attached hydrogens (tertiary/aromatic N) is 1. The summed E-state index contributed by atoms with van der Waals surface area (Å²) in [4.78, 5) is 24.8. The zero-order valence-corrected chi connectivity index (χ0v) is 9.98. The third kappa shape index (κ3) is 2.02. The number of primary amides is 1. The van der Waals surface area contributed by atoms with Crippen LogP contribution in [-0.4, -0.2) is 53.6 Å². The smallest absolute Gasteiger partial charge is 0.237 e. The fourth-order valence-corrected chi connectivity index (χ4v) is 2.87. The Bertz CT molecular complexity index is 345. The second-order valence-corrected chi connectivity index (χ2v) is 5.12. The predicted molar refractivity (Wildman–Crippen MR) is 60.9 cm³/mol. The maximum atomic E-state index is 11.6. The Morgan fingerprint density at radius 3 is 2.76 bits per heavy atom. The zero-order chi connectivity index (χ0) is 12.6. The lowest BCUT2D eigenvalue weighted by Crippen LogP contribution is -2.68. The standard InChI is InChI=1S/C11H19N3O3/c1-7(15)8(9(12)16)14-4-2-3-11(6-14)5-13-10(11)17/h7-8,15H,2-6H2,1H3,(H2,12,16)(H,13,17)/t7-,8+,11?/m1/s1. The minimum absolute atomic E-state index is 0.0519. The van der Waals surface area contributed by atoms with Crippen molar-refractivity contribution in [2.45, 2.75) is 31.9 Å². The highest BCUT2D eigenvalue weighted by atomic mass is 16.3. The summed E-state index contributed by atoms with van der Waals surface area (Å²) in [5, 5.41) is 12.4. The van der Waals surface area contributed by atoms with Gasteiger partial charge in [-0.1, -0.05) is 0 Å². The molecule has 6 nitrogen and oxygen atoms in total. The molecule has 0 bridgehead atoms. The molecule has 96 valence electrons. The molecule has 4 N–H and O–H groups in total. The molecule has 2 heterocycles. The second kappa shape index (κ2) is 4.27. The summed E-state index contributed by atoms with van der Waals surface area (Å²) in [5.74, 6) is -0.479. The topological polar surface area (TPSA) is 95.7 Å². The highest BCUT2D eigenvalue weighted by molar-refractivity contribution is 5.89. The number of likely N-dealkylation sites (tertiary alicyclic amines) is 1. The van der Waals surface area contributed by atoms with Crippen LogP contribution in [0.1, 0.15) is 19.8 Å². The number of aliphatic hydroxyl groups is 1. The van der Waals surface area contributed by atoms with E-state index in [-0.39, 0.29) is 11.3 Å². The van der Waals surface area contributed by atoms with Crippen molar-refractivity contribution >= 4 is 11.8 Å². The van der Waals surface area contributed by atoms with Gasteiger partial charge in [-0.05, 0) is 26.3 Å². The van der Waals surface area contributed by atoms with Crippen LogP contribution in [0, 0.1) is 5.41 Å². The maximum Gasteiger partial charge on any atom is 0.237 e. The number of nitrogens with two attached hydrogens (primary N) is 1. The second-order valence-electron chi connectivity index (χ2n) is 5.12. The van der Waals surface area contributed by atoms with E-state index in [0.29, 0.717) is 19.6 Å². The van der Waals surface area contributed by atoms with Gasteiger partial charge >= 0.3 is 0 Å². The first kappa shape index (κ1) is 12.3. The number of rotatable bonds is 3. The molecular weight excluding hydrogens is 222 g/mol. The van der Waals surface area contributed by atoms with Crippen LogP contribution in [0.5, 0.6) is 0 Å². The van der Waals surface area contributed by atoms with Gasteiger partial charge in [-0.3, -0.25) is 14.5 Å². The molecule has 2 aliphatic rings. The quantitative estimate of drug-likeness (QED) is 0.520. The molecule has 1 spiro atoms. The third-order valence-electron chi connectivity index (χ3n) is 3.82. The molecule has 2 saturated heterocycles. The van der Waals surface area contributed by atoms with Crippen molar-refractivity contribution in [2.75, 3.05) is 19.6 Å². The van der Waals surface area contributed by atoms with Crippen molar-refractivity contribution < 1.29 is 14.7 Å². The van der Waals surface area contributed by atoms with E-state index < -0.39 is 18.1 Å². The maximum absolute atomic E-state index is 11.6. The molecule has 2 rings (SSSR count). The third-order valence-corrected chi connectivity index (χ3v) is 3.82. The van der Waals surface area contributed by atoms with Gasteiger partial charge < -0.3 is 16.2 Å². The minimum Gasteiger partial charge on any atom is -0.391 e. The Hall–Kier alpha value is -1.14. The van der Waals surface area contributed by atoms with Crippen molar-refractivity contribution in [3.63, 3.8) is 0 Å². The molecule has 0 aliphatic carbocycles. The normalized spacial score (nSPS) is 32.7. The highest BCUT2D eigenvalue weighted by Gasteiger charge is 2.50. The van der Waals surface area contributed by atoms with Gasteiger partial charge in [0, 0.05) is 13.1 Å². The van der Waals surface area contributed by atoms with Crippen molar-refractivity contribution in [3.8, 4) is 0 Å². The van der Waals surface area contributed by atoms with Gasteiger partial charge in [-0.2, -0.15) is 0 Å². The van der Waals surface area contributed by atoms with Crippen LogP contribution in [0.15, 0.2) is 0 Å². The SMILES string of the molecule is C[C@@H](O)[C@@H](C(N)=O)N1CCCC2(CNC2=O)C1. The van der Waals surface area contributed by atoms with Crippen LogP contribution in [0.2, 0.25) is 0 Å². The summed E-state index contributed by atoms with van der Waals surface area (Å²) in [7, 11) is 0. The molecule has 3 atom stereocenters. The van der Waals surface area contributed by atoms with E-state index in [1.807, 2.05) is 4.90 Å². The van der Waals surface area contributed by atoms with Gasteiger partial charge in [-0.15, -0.1) is 0 Å². The number of amides is 2. The number of carbonyl (C=O) groups excluding carboxylic acids is 2. The average Bonchev–Trinajstić information content (AvgIpc) is 2.26. The van der Waals surface area contributed by atoms with Crippen LogP contribution < -0.4 is 11.1 Å². The Morgan fingerprint density at radius 1 is 1.65 bits per heavy atom. The predicted octanol–water partition coefficient (Wildman–Crippen LogP) is -1.57. The van der Waals surface area contributed by atoms with Crippen molar-refractivity contribution in [1.82, 2.24) is 10.2 Å². The fourth-order valence-electron chi connectivity index (χ4n) is 2.87. The summed E-state index contributed by atoms with van der Waals surface area (Å²) in [5.41, 5.74) is 4.95. The molecule has 0 aromatic heterocycles. The van der Waals surface area contributed by atoms with Crippen LogP contribution in [0.3, 0.4) is 0 Å². The number of carbonyl (C=O) groups is 2. The number of β-lactam (4-membered cyclic amide) rings is 1. The van der Waals surface area contributed by atoms with E-state index in [2.05, 4.69) is 5.32 Å². The summed E-state index contributed by atoms with van der Waals surface area (Å²) >= 11 is 0. The lowest BCUT2D eigenvalue weighted by atomic mass is 9.73. The molecule has 2 amide bonds. The van der Waals surface area contributed by atoms with Gasteiger partial charge in [0.2, 0.25) is 11.8 Å². The van der Waals surface area contributed by atoms with Gasteiger partial charge in [0.1, 0.15) is 6.04 Å². The number of hydrogen-bond donors (Lipinski definition) is 3. The van der Waals surface area contributed by atoms with Crippen LogP contribution in [0.25, 0.3) is 0 Å². The monoisotopic (exact) mass is 241 g/mol. The van der Waals surface area contributed by atoms with E-state index in [1.54, 1.807) is 6.92 Å². The summed E-state index contributed by atoms with van der Waals surface area (Å²) in [6, 6.07) is -0.694. The van der Waals surface area contributed by atoms with Crippen molar-refractivity contribution in [3.05, 3.63) is 0 Å². The van der Waals surface area contributed by atoms with Crippen molar-refractivity contribution in [1.29, 1.82) is 0 Å². The molecule has 0 aromatic rings. The fraction of sp³-hybridized carbons (Fsp3) is 0.818. The first-order chi connectivity index (χ1) is 7.96. The Labute approximate surface area is 100 Å². The highest BCUT2D eigenvalue weighted by Crippen LogP contribution is 2.35. The molecule has 0 saturated carbocycles. The Kier molecular flexibility index (Phi) is 3.09. The molecule has 6 heteroatoms. The van der Waals surface area contributed by atoms with Crippen LogP contribution in [0.4, 0.5) is 0 Å². The molecule has 2 aliphatic heterocycles. The van der Waals surface area contributed by atoms with E-state index in [4.69, 9.17) is 5.73 Å². The van der Waals surface area contributed by atoms with E-state index in [1.165, 1.54) is 0 Å². The molecule has 17 heavy (non-hydrogen) atoms. The molecule has 1 unspecified atom stereocenters. The number of nitrogens with one attached hydrogen (secondary N) is 1. The first-order valence-electron chi connectivity index (χ1n) is 5.96. The molecule has 2 fully saturated rings. The Morgan fingerprint density at radius 2 is 2.35 bits per heavy atom. The van der Waals surface area contributed by atoms with Gasteiger partial charge in [0.15, 0.2) is 0 Å². The lowest BCUT2D eigenvalue weighted by Gasteiger charge is -2.49. The van der Waals surface area contributed by atoms with E-state index in [9.17, 15) is 14.7 Å². The van der Waals surface area contributed by atoms with E-state index in [0.717, 1.165) is 12.8 Å². The summed E-state index contributed by atoms with van der Waals surface area (Å²) in [6.45, 7) is 3.43. The molecule has 0 aromatic carbocycles. The molecule has 0 radical (unpaired) electrons. The average molecular weight is 241 g/mol. The molecular formula is C11H19N3O3. The number of aliphatic hydroxyl groups excluding tert-OH is 1. The summed E-state index contributed by atoms with van der Waals surface area (Å²) in [6.07, 6.45) is 0.885. The van der Waals surface area contributed by atoms with Crippen LogP contribution in [-0.2, 0) is 9.59 Å². The lowest BCUT2D eigenvalue weighted by molar-refractivity contribution is -0.149. The van der Waals surface area contributed by atoms with E-state index >= 15 is 0 Å². The zero-order valence-electron chi connectivity index (χ0n) is 9.98. The number of piperidine rings is 1. The largest absolute Gasteiger partial charge is 0.391 e. The van der Waals surface area contributed by atoms with Gasteiger partial charge in [-0.25, -0.2) is 0 Å². The van der Waals surface area contributed by atoms with Gasteiger partial charge in [0.25, 0.3) is 0 Å². The summed E-state index contributed by atoms with van der Waals surface area (Å²) < 4.78 is 0. The number of hydrogen-bond acceptors (Lipinski definition) is 4. The van der Waals surface area contributed by atoms with Gasteiger partial charge in [0.05, 0.1) is 11.5 Å².